The Labute approximate surface area is 136 Å². The average molecular weight is 315 g/mol. The Balaban J connectivity index is 2.07. The van der Waals surface area contributed by atoms with Gasteiger partial charge in [0.15, 0.2) is 0 Å². The molecule has 0 aromatic heterocycles. The molecule has 0 fully saturated rings. The van der Waals surface area contributed by atoms with E-state index in [1.54, 1.807) is 26.5 Å². The van der Waals surface area contributed by atoms with Crippen LogP contribution >= 0.6 is 0 Å². The number of hydrogen-bond donors (Lipinski definition) is 0. The number of rotatable bonds is 7. The minimum absolute atomic E-state index is 0.254. The first-order valence-corrected chi connectivity index (χ1v) is 7.67. The van der Waals surface area contributed by atoms with Gasteiger partial charge in [-0.1, -0.05) is 19.1 Å². The first kappa shape index (κ1) is 17.0. The molecule has 0 aliphatic rings. The van der Waals surface area contributed by atoms with Crippen molar-refractivity contribution in [1.29, 1.82) is 0 Å². The normalized spacial score (nSPS) is 11.0. The summed E-state index contributed by atoms with van der Waals surface area (Å²) < 4.78 is 24.0. The fraction of sp³-hybridized carbons (Fsp3) is 0.316. The van der Waals surface area contributed by atoms with E-state index in [4.69, 9.17) is 9.47 Å². The van der Waals surface area contributed by atoms with Crippen molar-refractivity contribution < 1.29 is 13.9 Å². The Morgan fingerprint density at radius 2 is 1.74 bits per heavy atom. The van der Waals surface area contributed by atoms with Gasteiger partial charge in [0.25, 0.3) is 0 Å². The highest BCUT2D eigenvalue weighted by Crippen LogP contribution is 2.29. The zero-order chi connectivity index (χ0) is 16.7. The predicted molar refractivity (Wildman–Crippen MR) is 91.5 cm³/mol. The van der Waals surface area contributed by atoms with Crippen LogP contribution in [0.5, 0.6) is 11.5 Å². The lowest BCUT2D eigenvalue weighted by Gasteiger charge is -2.13. The maximum atomic E-state index is 13.1. The van der Waals surface area contributed by atoms with Crippen molar-refractivity contribution >= 4 is 6.21 Å². The minimum Gasteiger partial charge on any atom is -0.496 e. The summed E-state index contributed by atoms with van der Waals surface area (Å²) in [5.41, 5.74) is 2.94. The van der Waals surface area contributed by atoms with Gasteiger partial charge in [-0.3, -0.25) is 4.99 Å². The van der Waals surface area contributed by atoms with E-state index in [1.807, 2.05) is 18.2 Å². The molecule has 23 heavy (non-hydrogen) atoms. The third kappa shape index (κ3) is 4.55. The first-order chi connectivity index (χ1) is 11.2. The molecule has 122 valence electrons. The van der Waals surface area contributed by atoms with E-state index in [1.165, 1.54) is 12.1 Å². The van der Waals surface area contributed by atoms with Crippen LogP contribution in [0.4, 0.5) is 4.39 Å². The monoisotopic (exact) mass is 315 g/mol. The Morgan fingerprint density at radius 3 is 2.39 bits per heavy atom. The van der Waals surface area contributed by atoms with E-state index in [2.05, 4.69) is 11.9 Å². The molecule has 0 unspecified atom stereocenters. The van der Waals surface area contributed by atoms with E-state index in [9.17, 15) is 4.39 Å². The molecule has 0 aliphatic heterocycles. The van der Waals surface area contributed by atoms with Gasteiger partial charge in [-0.2, -0.15) is 0 Å². The molecule has 2 aromatic carbocycles. The largest absolute Gasteiger partial charge is 0.496 e. The van der Waals surface area contributed by atoms with Gasteiger partial charge in [0, 0.05) is 12.8 Å². The lowest BCUT2D eigenvalue weighted by Crippen LogP contribution is -2.00. The van der Waals surface area contributed by atoms with Gasteiger partial charge >= 0.3 is 0 Å². The summed E-state index contributed by atoms with van der Waals surface area (Å²) >= 11 is 0. The van der Waals surface area contributed by atoms with Gasteiger partial charge in [-0.05, 0) is 53.8 Å². The summed E-state index contributed by atoms with van der Waals surface area (Å²) in [6.07, 6.45) is 3.31. The average Bonchev–Trinajstić information content (AvgIpc) is 2.58. The second-order valence-corrected chi connectivity index (χ2v) is 5.17. The number of aryl methyl sites for hydroxylation is 1. The number of aliphatic imine (C=N–C) groups is 1. The number of hydrogen-bond acceptors (Lipinski definition) is 3. The van der Waals surface area contributed by atoms with Crippen LogP contribution in [0.1, 0.15) is 23.6 Å². The number of benzene rings is 2. The second-order valence-electron chi connectivity index (χ2n) is 5.17. The summed E-state index contributed by atoms with van der Waals surface area (Å²) in [4.78, 5) is 4.36. The smallest absolute Gasteiger partial charge is 0.123 e. The predicted octanol–water partition coefficient (Wildman–Crippen LogP) is 4.07. The third-order valence-corrected chi connectivity index (χ3v) is 3.66. The van der Waals surface area contributed by atoms with Crippen LogP contribution in [-0.2, 0) is 12.8 Å². The molecule has 0 heterocycles. The van der Waals surface area contributed by atoms with Gasteiger partial charge in [0.05, 0.1) is 14.2 Å². The van der Waals surface area contributed by atoms with Gasteiger partial charge in [-0.25, -0.2) is 4.39 Å². The van der Waals surface area contributed by atoms with Crippen LogP contribution < -0.4 is 9.47 Å². The molecule has 2 rings (SSSR count). The zero-order valence-corrected chi connectivity index (χ0v) is 13.8. The van der Waals surface area contributed by atoms with Crippen LogP contribution in [0.15, 0.2) is 41.4 Å². The van der Waals surface area contributed by atoms with Crippen molar-refractivity contribution in [3.63, 3.8) is 0 Å². The molecule has 4 heteroatoms. The summed E-state index contributed by atoms with van der Waals surface area (Å²) in [5, 5.41) is 0. The van der Waals surface area contributed by atoms with E-state index in [-0.39, 0.29) is 5.82 Å². The number of ether oxygens (including phenoxy) is 2. The Bertz CT molecular complexity index is 683. The molecule has 0 aliphatic carbocycles. The van der Waals surface area contributed by atoms with Crippen molar-refractivity contribution in [2.24, 2.45) is 4.99 Å². The Kier molecular flexibility index (Phi) is 6.15. The van der Waals surface area contributed by atoms with Gasteiger partial charge in [0.1, 0.15) is 17.3 Å². The highest BCUT2D eigenvalue weighted by molar-refractivity contribution is 5.79. The highest BCUT2D eigenvalue weighted by Gasteiger charge is 2.09. The van der Waals surface area contributed by atoms with Gasteiger partial charge < -0.3 is 9.47 Å². The lowest BCUT2D eigenvalue weighted by atomic mass is 10.0. The van der Waals surface area contributed by atoms with Crippen molar-refractivity contribution in [2.45, 2.75) is 19.8 Å². The molecule has 0 saturated carbocycles. The first-order valence-electron chi connectivity index (χ1n) is 7.67. The summed E-state index contributed by atoms with van der Waals surface area (Å²) in [7, 11) is 3.34. The van der Waals surface area contributed by atoms with E-state index < -0.39 is 0 Å². The molecule has 0 radical (unpaired) electrons. The van der Waals surface area contributed by atoms with Crippen molar-refractivity contribution in [1.82, 2.24) is 0 Å². The van der Waals surface area contributed by atoms with E-state index in [0.717, 1.165) is 41.0 Å². The van der Waals surface area contributed by atoms with Crippen LogP contribution in [0.25, 0.3) is 0 Å². The van der Waals surface area contributed by atoms with Crippen LogP contribution in [0.3, 0.4) is 0 Å². The molecule has 0 spiro atoms. The maximum absolute atomic E-state index is 13.1. The maximum Gasteiger partial charge on any atom is 0.123 e. The zero-order valence-electron chi connectivity index (χ0n) is 13.8. The molecule has 0 amide bonds. The van der Waals surface area contributed by atoms with E-state index in [0.29, 0.717) is 6.54 Å². The lowest BCUT2D eigenvalue weighted by molar-refractivity contribution is 0.395. The highest BCUT2D eigenvalue weighted by atomic mass is 19.1. The van der Waals surface area contributed by atoms with Gasteiger partial charge in [0.2, 0.25) is 0 Å². The van der Waals surface area contributed by atoms with Crippen LogP contribution in [0, 0.1) is 5.82 Å². The quantitative estimate of drug-likeness (QED) is 0.721. The molecule has 0 bridgehead atoms. The van der Waals surface area contributed by atoms with Crippen LogP contribution in [-0.4, -0.2) is 27.0 Å². The van der Waals surface area contributed by atoms with Crippen molar-refractivity contribution in [3.8, 4) is 11.5 Å². The Morgan fingerprint density at radius 1 is 1.04 bits per heavy atom. The molecule has 2 aromatic rings. The Hall–Kier alpha value is -2.36. The SMILES string of the molecule is CCc1cc(OC)c(CCN=Cc2cccc(F)c2)cc1OC. The second kappa shape index (κ2) is 8.32. The fourth-order valence-electron chi connectivity index (χ4n) is 2.44. The topological polar surface area (TPSA) is 30.8 Å². The number of nitrogens with zero attached hydrogens (tertiary/aromatic N) is 1. The molecular weight excluding hydrogens is 293 g/mol. The number of methoxy groups -OCH3 is 2. The van der Waals surface area contributed by atoms with Crippen molar-refractivity contribution in [2.75, 3.05) is 20.8 Å². The fourth-order valence-corrected chi connectivity index (χ4v) is 2.44. The summed E-state index contributed by atoms with van der Waals surface area (Å²) in [6.45, 7) is 2.68. The molecular formula is C19H22FNO2. The van der Waals surface area contributed by atoms with E-state index >= 15 is 0 Å². The van der Waals surface area contributed by atoms with Crippen LogP contribution in [0.2, 0.25) is 0 Å². The summed E-state index contributed by atoms with van der Waals surface area (Å²) in [6, 6.07) is 10.4. The molecule has 3 nitrogen and oxygen atoms in total. The molecule has 0 atom stereocenters. The standard InChI is InChI=1S/C19H22FNO2/c1-4-15-11-19(23-3)16(12-18(15)22-2)8-9-21-13-14-6-5-7-17(20)10-14/h5-7,10-13H,4,8-9H2,1-3H3. The summed E-state index contributed by atoms with van der Waals surface area (Å²) in [5.74, 6) is 1.47. The number of halogens is 1. The minimum atomic E-state index is -0.254. The third-order valence-electron chi connectivity index (χ3n) is 3.66. The molecule has 0 saturated heterocycles. The van der Waals surface area contributed by atoms with Gasteiger partial charge in [-0.15, -0.1) is 0 Å². The van der Waals surface area contributed by atoms with Crippen molar-refractivity contribution in [3.05, 3.63) is 58.9 Å². The molecule has 0 N–H and O–H groups in total.